The molecule has 1 aromatic carbocycles. The molecule has 3 aliphatic rings. The van der Waals surface area contributed by atoms with Crippen molar-refractivity contribution in [2.45, 2.75) is 58.9 Å². The van der Waals surface area contributed by atoms with Gasteiger partial charge in [0, 0.05) is 24.5 Å². The fraction of sp³-hybridized carbons (Fsp3) is 0.476. The van der Waals surface area contributed by atoms with Gasteiger partial charge in [0.05, 0.1) is 6.54 Å². The molecule has 3 atom stereocenters. The molecule has 154 valence electrons. The maximum Gasteiger partial charge on any atom is 0.328 e. The van der Waals surface area contributed by atoms with Crippen molar-refractivity contribution in [3.05, 3.63) is 47.0 Å². The van der Waals surface area contributed by atoms with Crippen LogP contribution in [0.5, 0.6) is 0 Å². The average Bonchev–Trinajstić information content (AvgIpc) is 3.20. The molecule has 0 bridgehead atoms. The second kappa shape index (κ2) is 6.86. The smallest absolute Gasteiger partial charge is 0.312 e. The van der Waals surface area contributed by atoms with E-state index in [2.05, 4.69) is 18.7 Å². The Hall–Kier alpha value is -2.90. The minimum Gasteiger partial charge on any atom is -0.312 e. The highest BCUT2D eigenvalue weighted by Crippen LogP contribution is 2.39. The number of allylic oxidation sites excluding steroid dienone is 2. The first-order valence-corrected chi connectivity index (χ1v) is 9.92. The topological polar surface area (TPSA) is 59.5 Å². The summed E-state index contributed by atoms with van der Waals surface area (Å²) >= 11 is 0. The van der Waals surface area contributed by atoms with E-state index in [-0.39, 0.29) is 30.3 Å². The zero-order valence-electron chi connectivity index (χ0n) is 17.4. The monoisotopic (exact) mass is 399 g/mol. The van der Waals surface area contributed by atoms with Gasteiger partial charge in [-0.15, -0.1) is 0 Å². The molecule has 8 heteroatoms. The van der Waals surface area contributed by atoms with Gasteiger partial charge in [-0.3, -0.25) is 14.6 Å². The highest BCUT2D eigenvalue weighted by molar-refractivity contribution is 6.05. The SMILES string of the molecule is CCC(C)N1C2=NC3C(C(=O)N(Cc4ccc(F)cc4)C(=O)N3C)N2C(C)=C1C. The van der Waals surface area contributed by atoms with E-state index in [9.17, 15) is 14.0 Å². The van der Waals surface area contributed by atoms with E-state index in [0.717, 1.165) is 23.8 Å². The first-order chi connectivity index (χ1) is 13.8. The van der Waals surface area contributed by atoms with Crippen LogP contribution in [-0.4, -0.2) is 62.8 Å². The van der Waals surface area contributed by atoms with Crippen molar-refractivity contribution in [2.75, 3.05) is 7.05 Å². The van der Waals surface area contributed by atoms with Gasteiger partial charge in [-0.2, -0.15) is 0 Å². The largest absolute Gasteiger partial charge is 0.328 e. The van der Waals surface area contributed by atoms with E-state index in [0.29, 0.717) is 5.56 Å². The van der Waals surface area contributed by atoms with Crippen molar-refractivity contribution in [1.29, 1.82) is 0 Å². The molecule has 3 aliphatic heterocycles. The second-order valence-electron chi connectivity index (χ2n) is 7.90. The lowest BCUT2D eigenvalue weighted by atomic mass is 10.1. The molecular formula is C21H26FN5O2. The molecule has 4 rings (SSSR count). The van der Waals surface area contributed by atoms with E-state index in [1.54, 1.807) is 19.2 Å². The Kier molecular flexibility index (Phi) is 4.59. The number of urea groups is 1. The number of nitrogens with zero attached hydrogens (tertiary/aromatic N) is 5. The van der Waals surface area contributed by atoms with Crippen LogP contribution in [0, 0.1) is 5.82 Å². The molecule has 0 radical (unpaired) electrons. The first-order valence-electron chi connectivity index (χ1n) is 9.92. The fourth-order valence-electron chi connectivity index (χ4n) is 4.27. The van der Waals surface area contributed by atoms with Gasteiger partial charge < -0.3 is 9.80 Å². The Morgan fingerprint density at radius 2 is 1.79 bits per heavy atom. The predicted molar refractivity (Wildman–Crippen MR) is 107 cm³/mol. The molecule has 0 N–H and O–H groups in total. The van der Waals surface area contributed by atoms with Gasteiger partial charge in [0.15, 0.2) is 12.2 Å². The molecule has 29 heavy (non-hydrogen) atoms. The average molecular weight is 399 g/mol. The highest BCUT2D eigenvalue weighted by Gasteiger charge is 2.56. The number of hydrogen-bond acceptors (Lipinski definition) is 5. The summed E-state index contributed by atoms with van der Waals surface area (Å²) in [4.78, 5) is 38.0. The van der Waals surface area contributed by atoms with Gasteiger partial charge in [0.1, 0.15) is 5.82 Å². The predicted octanol–water partition coefficient (Wildman–Crippen LogP) is 2.95. The first kappa shape index (κ1) is 19.4. The van der Waals surface area contributed by atoms with Crippen LogP contribution in [-0.2, 0) is 11.3 Å². The van der Waals surface area contributed by atoms with Crippen LogP contribution >= 0.6 is 0 Å². The third kappa shape index (κ3) is 2.81. The summed E-state index contributed by atoms with van der Waals surface area (Å²) in [5, 5.41) is 0. The quantitative estimate of drug-likeness (QED) is 0.781. The molecule has 0 aliphatic carbocycles. The van der Waals surface area contributed by atoms with Crippen molar-refractivity contribution in [3.63, 3.8) is 0 Å². The zero-order chi connectivity index (χ0) is 21.0. The summed E-state index contributed by atoms with van der Waals surface area (Å²) in [7, 11) is 1.68. The van der Waals surface area contributed by atoms with Crippen LogP contribution in [0.25, 0.3) is 0 Å². The lowest BCUT2D eigenvalue weighted by Crippen LogP contribution is -2.64. The number of aliphatic imine (C=N–C) groups is 1. The van der Waals surface area contributed by atoms with Gasteiger partial charge >= 0.3 is 6.03 Å². The molecule has 1 saturated heterocycles. The number of fused-ring (bicyclic) bond motifs is 3. The van der Waals surface area contributed by atoms with Gasteiger partial charge in [0.25, 0.3) is 5.91 Å². The number of imide groups is 1. The van der Waals surface area contributed by atoms with Crippen LogP contribution in [0.4, 0.5) is 9.18 Å². The number of carbonyl (C=O) groups excluding carboxylic acids is 2. The van der Waals surface area contributed by atoms with Crippen molar-refractivity contribution in [1.82, 2.24) is 19.6 Å². The Balaban J connectivity index is 1.68. The van der Waals surface area contributed by atoms with E-state index in [1.807, 2.05) is 18.7 Å². The van der Waals surface area contributed by atoms with Crippen molar-refractivity contribution in [3.8, 4) is 0 Å². The Morgan fingerprint density at radius 1 is 1.14 bits per heavy atom. The Labute approximate surface area is 170 Å². The van der Waals surface area contributed by atoms with Crippen molar-refractivity contribution < 1.29 is 14.0 Å². The van der Waals surface area contributed by atoms with Gasteiger partial charge in [0.2, 0.25) is 5.96 Å². The summed E-state index contributed by atoms with van der Waals surface area (Å²) in [6.07, 6.45) is 0.385. The minimum atomic E-state index is -0.586. The molecule has 1 aromatic rings. The van der Waals surface area contributed by atoms with Crippen molar-refractivity contribution >= 4 is 17.9 Å². The third-order valence-corrected chi connectivity index (χ3v) is 6.22. The van der Waals surface area contributed by atoms with Crippen LogP contribution in [0.15, 0.2) is 40.7 Å². The van der Waals surface area contributed by atoms with E-state index >= 15 is 0 Å². The summed E-state index contributed by atoms with van der Waals surface area (Å²) in [5.41, 5.74) is 2.76. The summed E-state index contributed by atoms with van der Waals surface area (Å²) in [5.74, 6) is 0.106. The lowest BCUT2D eigenvalue weighted by molar-refractivity contribution is -0.137. The summed E-state index contributed by atoms with van der Waals surface area (Å²) in [6.45, 7) is 8.37. The molecule has 0 spiro atoms. The van der Waals surface area contributed by atoms with Crippen molar-refractivity contribution in [2.24, 2.45) is 4.99 Å². The number of rotatable bonds is 4. The summed E-state index contributed by atoms with van der Waals surface area (Å²) in [6, 6.07) is 5.11. The molecule has 7 nitrogen and oxygen atoms in total. The van der Waals surface area contributed by atoms with Gasteiger partial charge in [-0.25, -0.2) is 14.2 Å². The van der Waals surface area contributed by atoms with E-state index in [4.69, 9.17) is 4.99 Å². The van der Waals surface area contributed by atoms with Crippen LogP contribution in [0.1, 0.15) is 39.7 Å². The third-order valence-electron chi connectivity index (χ3n) is 6.22. The molecule has 0 aromatic heterocycles. The number of amides is 3. The van der Waals surface area contributed by atoms with Crippen LogP contribution in [0.2, 0.25) is 0 Å². The highest BCUT2D eigenvalue weighted by atomic mass is 19.1. The zero-order valence-corrected chi connectivity index (χ0v) is 17.4. The number of likely N-dealkylation sites (N-methyl/N-ethyl adjacent to an activating group) is 1. The molecule has 3 amide bonds. The second-order valence-corrected chi connectivity index (χ2v) is 7.90. The van der Waals surface area contributed by atoms with Gasteiger partial charge in [-0.05, 0) is 44.9 Å². The van der Waals surface area contributed by atoms with E-state index in [1.165, 1.54) is 21.9 Å². The number of halogens is 1. The minimum absolute atomic E-state index is 0.103. The Morgan fingerprint density at radius 3 is 2.41 bits per heavy atom. The van der Waals surface area contributed by atoms with Crippen LogP contribution < -0.4 is 0 Å². The number of benzene rings is 1. The Bertz CT molecular complexity index is 926. The maximum absolute atomic E-state index is 13.4. The normalized spacial score (nSPS) is 25.0. The number of hydrogen-bond donors (Lipinski definition) is 0. The molecule has 3 unspecified atom stereocenters. The lowest BCUT2D eigenvalue weighted by Gasteiger charge is -2.40. The van der Waals surface area contributed by atoms with Crippen LogP contribution in [0.3, 0.4) is 0 Å². The standard InChI is InChI=1S/C21H26FN5O2/c1-6-12(2)26-13(3)14(4)27-17-18(23-20(26)27)24(5)21(29)25(19(17)28)11-15-7-9-16(22)10-8-15/h7-10,12,17-18H,6,11H2,1-5H3. The fourth-order valence-corrected chi connectivity index (χ4v) is 4.27. The molecule has 0 saturated carbocycles. The van der Waals surface area contributed by atoms with Gasteiger partial charge in [-0.1, -0.05) is 19.1 Å². The molecule has 1 fully saturated rings. The maximum atomic E-state index is 13.4. The molecule has 3 heterocycles. The summed E-state index contributed by atoms with van der Waals surface area (Å²) < 4.78 is 13.2. The molecular weight excluding hydrogens is 373 g/mol. The number of carbonyl (C=O) groups is 2. The van der Waals surface area contributed by atoms with E-state index < -0.39 is 12.2 Å². The number of guanidine groups is 1.